The normalized spacial score (nSPS) is 22.1. The molecule has 0 aliphatic heterocycles. The standard InChI is InChI=1S/C14H22N2O3/c1-9-7-11(9)12-6-5-10(18-12)8-15-16-13(17)19-14(2,3)4/h5-6,9,11,15H,7-8H2,1-4H3,(H,16,17). The second-order valence-corrected chi connectivity index (χ2v) is 6.10. The summed E-state index contributed by atoms with van der Waals surface area (Å²) in [5.74, 6) is 3.16. The molecular weight excluding hydrogens is 244 g/mol. The molecule has 0 bridgehead atoms. The predicted octanol–water partition coefficient (Wildman–Crippen LogP) is 2.93. The van der Waals surface area contributed by atoms with E-state index in [0.29, 0.717) is 12.5 Å². The summed E-state index contributed by atoms with van der Waals surface area (Å²) in [5.41, 5.74) is 4.77. The molecule has 2 N–H and O–H groups in total. The van der Waals surface area contributed by atoms with Gasteiger partial charge >= 0.3 is 6.09 Å². The number of furan rings is 1. The van der Waals surface area contributed by atoms with Gasteiger partial charge < -0.3 is 9.15 Å². The Kier molecular flexibility index (Phi) is 3.85. The van der Waals surface area contributed by atoms with E-state index >= 15 is 0 Å². The van der Waals surface area contributed by atoms with Crippen molar-refractivity contribution in [2.75, 3.05) is 0 Å². The van der Waals surface area contributed by atoms with E-state index in [9.17, 15) is 4.79 Å². The smallest absolute Gasteiger partial charge is 0.422 e. The zero-order valence-corrected chi connectivity index (χ0v) is 11.9. The largest absolute Gasteiger partial charge is 0.464 e. The zero-order valence-electron chi connectivity index (χ0n) is 11.9. The third kappa shape index (κ3) is 4.28. The highest BCUT2D eigenvalue weighted by Crippen LogP contribution is 2.47. The Morgan fingerprint density at radius 1 is 1.47 bits per heavy atom. The third-order valence-corrected chi connectivity index (χ3v) is 3.01. The van der Waals surface area contributed by atoms with Crippen molar-refractivity contribution in [3.63, 3.8) is 0 Å². The first-order valence-corrected chi connectivity index (χ1v) is 6.65. The van der Waals surface area contributed by atoms with E-state index in [1.165, 1.54) is 6.42 Å². The fraction of sp³-hybridized carbons (Fsp3) is 0.643. The number of hydrogen-bond donors (Lipinski definition) is 2. The molecule has 2 unspecified atom stereocenters. The third-order valence-electron chi connectivity index (χ3n) is 3.01. The molecule has 0 aromatic carbocycles. The summed E-state index contributed by atoms with van der Waals surface area (Å²) in [7, 11) is 0. The van der Waals surface area contributed by atoms with Gasteiger partial charge in [0, 0.05) is 5.92 Å². The van der Waals surface area contributed by atoms with Crippen molar-refractivity contribution in [1.29, 1.82) is 0 Å². The number of carbonyl (C=O) groups is 1. The van der Waals surface area contributed by atoms with Gasteiger partial charge in [-0.15, -0.1) is 0 Å². The molecule has 1 amide bonds. The van der Waals surface area contributed by atoms with Crippen molar-refractivity contribution in [2.45, 2.75) is 52.2 Å². The van der Waals surface area contributed by atoms with Crippen LogP contribution in [0.3, 0.4) is 0 Å². The van der Waals surface area contributed by atoms with Crippen LogP contribution in [-0.2, 0) is 11.3 Å². The summed E-state index contributed by atoms with van der Waals surface area (Å²) in [6, 6.07) is 3.95. The lowest BCUT2D eigenvalue weighted by Gasteiger charge is -2.19. The summed E-state index contributed by atoms with van der Waals surface area (Å²) in [5, 5.41) is 0. The van der Waals surface area contributed by atoms with Gasteiger partial charge in [0.05, 0.1) is 6.54 Å². The number of rotatable bonds is 4. The first kappa shape index (κ1) is 13.9. The van der Waals surface area contributed by atoms with E-state index in [1.807, 2.05) is 32.9 Å². The van der Waals surface area contributed by atoms with Gasteiger partial charge in [-0.3, -0.25) is 5.43 Å². The Morgan fingerprint density at radius 2 is 2.16 bits per heavy atom. The molecule has 1 aromatic rings. The molecule has 2 rings (SSSR count). The first-order chi connectivity index (χ1) is 8.85. The van der Waals surface area contributed by atoms with Crippen LogP contribution in [0.1, 0.15) is 51.6 Å². The van der Waals surface area contributed by atoms with Gasteiger partial charge in [-0.25, -0.2) is 10.2 Å². The summed E-state index contributed by atoms with van der Waals surface area (Å²) in [6.45, 7) is 8.13. The highest BCUT2D eigenvalue weighted by molar-refractivity contribution is 5.66. The maximum atomic E-state index is 11.4. The van der Waals surface area contributed by atoms with Crippen LogP contribution in [0.2, 0.25) is 0 Å². The summed E-state index contributed by atoms with van der Waals surface area (Å²) in [6.07, 6.45) is 0.714. The predicted molar refractivity (Wildman–Crippen MR) is 71.4 cm³/mol. The maximum absolute atomic E-state index is 11.4. The van der Waals surface area contributed by atoms with Gasteiger partial charge in [0.15, 0.2) is 0 Å². The monoisotopic (exact) mass is 266 g/mol. The SMILES string of the molecule is CC1CC1c1ccc(CNNC(=O)OC(C)(C)C)o1. The minimum atomic E-state index is -0.494. The minimum absolute atomic E-state index is 0.445. The van der Waals surface area contributed by atoms with E-state index in [4.69, 9.17) is 9.15 Å². The van der Waals surface area contributed by atoms with Crippen molar-refractivity contribution >= 4 is 6.09 Å². The molecular formula is C14H22N2O3. The van der Waals surface area contributed by atoms with Gasteiger partial charge in [-0.05, 0) is 45.2 Å². The number of carbonyl (C=O) groups excluding carboxylic acids is 1. The lowest BCUT2D eigenvalue weighted by molar-refractivity contribution is 0.0495. The fourth-order valence-corrected chi connectivity index (χ4v) is 1.91. The Balaban J connectivity index is 1.71. The molecule has 1 aliphatic carbocycles. The van der Waals surface area contributed by atoms with Gasteiger partial charge in [0.1, 0.15) is 17.1 Å². The minimum Gasteiger partial charge on any atom is -0.464 e. The number of amides is 1. The van der Waals surface area contributed by atoms with E-state index in [0.717, 1.165) is 17.4 Å². The van der Waals surface area contributed by atoms with Crippen LogP contribution in [-0.4, -0.2) is 11.7 Å². The number of hydrazine groups is 1. The van der Waals surface area contributed by atoms with Crippen molar-refractivity contribution in [3.8, 4) is 0 Å². The summed E-state index contributed by atoms with van der Waals surface area (Å²) >= 11 is 0. The molecule has 2 atom stereocenters. The second-order valence-electron chi connectivity index (χ2n) is 6.10. The summed E-state index contributed by atoms with van der Waals surface area (Å²) < 4.78 is 10.8. The molecule has 1 aliphatic rings. The molecule has 1 saturated carbocycles. The van der Waals surface area contributed by atoms with E-state index in [-0.39, 0.29) is 0 Å². The van der Waals surface area contributed by atoms with Gasteiger partial charge in [-0.1, -0.05) is 6.92 Å². The molecule has 0 radical (unpaired) electrons. The van der Waals surface area contributed by atoms with Crippen LogP contribution in [0.5, 0.6) is 0 Å². The highest BCUT2D eigenvalue weighted by Gasteiger charge is 2.36. The zero-order chi connectivity index (χ0) is 14.0. The molecule has 19 heavy (non-hydrogen) atoms. The molecule has 5 heteroatoms. The van der Waals surface area contributed by atoms with Gasteiger partial charge in [-0.2, -0.15) is 0 Å². The molecule has 0 saturated heterocycles. The maximum Gasteiger partial charge on any atom is 0.422 e. The number of ether oxygens (including phenoxy) is 1. The van der Waals surface area contributed by atoms with E-state index < -0.39 is 11.7 Å². The van der Waals surface area contributed by atoms with Crippen molar-refractivity contribution in [3.05, 3.63) is 23.7 Å². The van der Waals surface area contributed by atoms with Crippen LogP contribution >= 0.6 is 0 Å². The van der Waals surface area contributed by atoms with Crippen LogP contribution in [0.25, 0.3) is 0 Å². The van der Waals surface area contributed by atoms with Crippen molar-refractivity contribution in [1.82, 2.24) is 10.9 Å². The van der Waals surface area contributed by atoms with Crippen LogP contribution in [0, 0.1) is 5.92 Å². The molecule has 1 heterocycles. The van der Waals surface area contributed by atoms with Gasteiger partial charge in [0.2, 0.25) is 0 Å². The Bertz CT molecular complexity index is 448. The average molecular weight is 266 g/mol. The second kappa shape index (κ2) is 5.25. The molecule has 5 nitrogen and oxygen atoms in total. The average Bonchev–Trinajstić information content (AvgIpc) is 2.82. The lowest BCUT2D eigenvalue weighted by atomic mass is 10.2. The first-order valence-electron chi connectivity index (χ1n) is 6.65. The van der Waals surface area contributed by atoms with Crippen LogP contribution < -0.4 is 10.9 Å². The van der Waals surface area contributed by atoms with E-state index in [2.05, 4.69) is 17.8 Å². The van der Waals surface area contributed by atoms with Crippen LogP contribution in [0.4, 0.5) is 4.79 Å². The Labute approximate surface area is 113 Å². The quantitative estimate of drug-likeness (QED) is 0.822. The van der Waals surface area contributed by atoms with Gasteiger partial charge in [0.25, 0.3) is 0 Å². The number of nitrogens with one attached hydrogen (secondary N) is 2. The van der Waals surface area contributed by atoms with Crippen molar-refractivity contribution in [2.24, 2.45) is 5.92 Å². The topological polar surface area (TPSA) is 63.5 Å². The Morgan fingerprint density at radius 3 is 2.74 bits per heavy atom. The molecule has 1 fully saturated rings. The van der Waals surface area contributed by atoms with Crippen molar-refractivity contribution < 1.29 is 13.9 Å². The molecule has 1 aromatic heterocycles. The fourth-order valence-electron chi connectivity index (χ4n) is 1.91. The highest BCUT2D eigenvalue weighted by atomic mass is 16.6. The number of hydrogen-bond acceptors (Lipinski definition) is 4. The molecule has 0 spiro atoms. The summed E-state index contributed by atoms with van der Waals surface area (Å²) in [4.78, 5) is 11.4. The Hall–Kier alpha value is -1.49. The van der Waals surface area contributed by atoms with Crippen LogP contribution in [0.15, 0.2) is 16.5 Å². The van der Waals surface area contributed by atoms with E-state index in [1.54, 1.807) is 0 Å². The molecule has 106 valence electrons. The lowest BCUT2D eigenvalue weighted by Crippen LogP contribution is -2.40.